The van der Waals surface area contributed by atoms with Crippen LogP contribution in [0.15, 0.2) is 24.3 Å². The number of nitrogens with zero attached hydrogens (tertiary/aromatic N) is 3. The summed E-state index contributed by atoms with van der Waals surface area (Å²) in [7, 11) is 1.34. The van der Waals surface area contributed by atoms with Gasteiger partial charge in [0.05, 0.1) is 18.7 Å². The molecule has 13 heteroatoms. The first kappa shape index (κ1) is 29.7. The molecule has 2 saturated carbocycles. The molecule has 226 valence electrons. The highest BCUT2D eigenvalue weighted by atomic mass is 19.4. The number of ether oxygens (including phenoxy) is 1. The van der Waals surface area contributed by atoms with Crippen LogP contribution in [0.3, 0.4) is 0 Å². The lowest BCUT2D eigenvalue weighted by molar-refractivity contribution is -0.175. The van der Waals surface area contributed by atoms with Crippen LogP contribution >= 0.6 is 0 Å². The average molecular weight is 590 g/mol. The van der Waals surface area contributed by atoms with Crippen molar-refractivity contribution in [3.05, 3.63) is 29.8 Å². The van der Waals surface area contributed by atoms with Crippen LogP contribution in [0.25, 0.3) is 0 Å². The Balaban J connectivity index is 1.40. The third-order valence-corrected chi connectivity index (χ3v) is 8.69. The molecule has 1 saturated heterocycles. The minimum absolute atomic E-state index is 0.0102. The highest BCUT2D eigenvalue weighted by Crippen LogP contribution is 2.41. The van der Waals surface area contributed by atoms with Crippen molar-refractivity contribution in [2.24, 2.45) is 11.8 Å². The summed E-state index contributed by atoms with van der Waals surface area (Å²) in [6.07, 6.45) is -1.84. The summed E-state index contributed by atoms with van der Waals surface area (Å²) >= 11 is 0. The quantitative estimate of drug-likeness (QED) is 0.479. The minimum Gasteiger partial charge on any atom is -0.475 e. The smallest absolute Gasteiger partial charge is 0.471 e. The van der Waals surface area contributed by atoms with E-state index in [1.807, 2.05) is 17.4 Å². The monoisotopic (exact) mass is 589 g/mol. The molecule has 0 aromatic heterocycles. The highest BCUT2D eigenvalue weighted by molar-refractivity contribution is 5.94. The maximum absolute atomic E-state index is 14.1. The molecular weight excluding hydrogens is 555 g/mol. The topological polar surface area (TPSA) is 132 Å². The van der Waals surface area contributed by atoms with E-state index in [0.29, 0.717) is 5.75 Å². The molecule has 0 bridgehead atoms. The number of alkyl halides is 3. The number of carbonyl (C=O) groups is 4. The number of nitrogens with one attached hydrogen (secondary N) is 2. The van der Waals surface area contributed by atoms with E-state index in [0.717, 1.165) is 36.1 Å². The lowest BCUT2D eigenvalue weighted by Gasteiger charge is -2.34. The van der Waals surface area contributed by atoms with Crippen molar-refractivity contribution in [3.8, 4) is 11.8 Å². The molecule has 0 radical (unpaired) electrons. The number of para-hydroxylation sites is 1. The SMILES string of the molecule is CC1NC(=O)[C@]2(C[C@@H](C#N)N(C(=O)[C@H](CC3CC3)N(C)C(=O)C(CC3CC3)NC(=O)C(F)(F)F)C2)Oc2ccccc21. The number of halogens is 3. The lowest BCUT2D eigenvalue weighted by Crippen LogP contribution is -2.58. The average Bonchev–Trinajstić information content (AvgIpc) is 3.88. The number of likely N-dealkylation sites (tertiary alicyclic amines) is 1. The van der Waals surface area contributed by atoms with Gasteiger partial charge < -0.3 is 25.2 Å². The first-order chi connectivity index (χ1) is 19.8. The van der Waals surface area contributed by atoms with Crippen LogP contribution in [-0.2, 0) is 19.2 Å². The van der Waals surface area contributed by atoms with Crippen LogP contribution in [0.4, 0.5) is 13.2 Å². The predicted molar refractivity (Wildman–Crippen MR) is 141 cm³/mol. The van der Waals surface area contributed by atoms with E-state index in [-0.39, 0.29) is 43.7 Å². The second kappa shape index (κ2) is 11.1. The van der Waals surface area contributed by atoms with E-state index < -0.39 is 53.5 Å². The lowest BCUT2D eigenvalue weighted by atomic mass is 9.99. The van der Waals surface area contributed by atoms with Gasteiger partial charge >= 0.3 is 12.1 Å². The summed E-state index contributed by atoms with van der Waals surface area (Å²) in [6, 6.07) is 5.25. The van der Waals surface area contributed by atoms with E-state index in [1.165, 1.54) is 11.9 Å². The summed E-state index contributed by atoms with van der Waals surface area (Å²) < 4.78 is 45.4. The van der Waals surface area contributed by atoms with Crippen LogP contribution in [0.1, 0.15) is 63.5 Å². The van der Waals surface area contributed by atoms with Crippen LogP contribution in [0.2, 0.25) is 0 Å². The molecule has 5 atom stereocenters. The Hall–Kier alpha value is -3.82. The maximum atomic E-state index is 14.1. The number of rotatable bonds is 8. The van der Waals surface area contributed by atoms with Crippen molar-refractivity contribution < 1.29 is 37.1 Å². The number of nitriles is 1. The normalized spacial score (nSPS) is 26.7. The van der Waals surface area contributed by atoms with Gasteiger partial charge in [-0.25, -0.2) is 0 Å². The minimum atomic E-state index is -5.16. The van der Waals surface area contributed by atoms with Crippen LogP contribution in [0.5, 0.6) is 5.75 Å². The van der Waals surface area contributed by atoms with E-state index >= 15 is 0 Å². The number of carbonyl (C=O) groups excluding carboxylic acids is 4. The van der Waals surface area contributed by atoms with Gasteiger partial charge in [0, 0.05) is 19.0 Å². The Morgan fingerprint density at radius 1 is 1.19 bits per heavy atom. The van der Waals surface area contributed by atoms with Crippen LogP contribution in [0, 0.1) is 23.2 Å². The predicted octanol–water partition coefficient (Wildman–Crippen LogP) is 2.59. The summed E-state index contributed by atoms with van der Waals surface area (Å²) in [4.78, 5) is 55.2. The fraction of sp³-hybridized carbons (Fsp3) is 0.621. The molecule has 4 aliphatic rings. The summed E-state index contributed by atoms with van der Waals surface area (Å²) in [5, 5.41) is 14.8. The molecule has 4 amide bonds. The Bertz CT molecular complexity index is 1310. The molecule has 42 heavy (non-hydrogen) atoms. The zero-order valence-corrected chi connectivity index (χ0v) is 23.4. The molecule has 2 aliphatic heterocycles. The second-order valence-corrected chi connectivity index (χ2v) is 12.0. The zero-order chi connectivity index (χ0) is 30.4. The highest BCUT2D eigenvalue weighted by Gasteiger charge is 2.56. The Morgan fingerprint density at radius 3 is 2.45 bits per heavy atom. The number of hydrogen-bond donors (Lipinski definition) is 2. The van der Waals surface area contributed by atoms with Gasteiger partial charge in [0.2, 0.25) is 17.4 Å². The molecule has 1 aromatic rings. The molecule has 3 fully saturated rings. The van der Waals surface area contributed by atoms with Crippen LogP contribution in [-0.4, -0.2) is 76.9 Å². The van der Waals surface area contributed by atoms with E-state index in [9.17, 15) is 37.6 Å². The molecule has 5 rings (SSSR count). The number of amides is 4. The summed E-state index contributed by atoms with van der Waals surface area (Å²) in [5.41, 5.74) is -0.792. The number of benzene rings is 1. The summed E-state index contributed by atoms with van der Waals surface area (Å²) in [6.45, 7) is 1.57. The third kappa shape index (κ3) is 6.03. The van der Waals surface area contributed by atoms with Crippen molar-refractivity contribution in [1.29, 1.82) is 5.26 Å². The number of hydrogen-bond acceptors (Lipinski definition) is 6. The van der Waals surface area contributed by atoms with Crippen molar-refractivity contribution >= 4 is 23.6 Å². The van der Waals surface area contributed by atoms with Crippen molar-refractivity contribution in [2.45, 2.75) is 87.8 Å². The molecular formula is C29H34F3N5O5. The third-order valence-electron chi connectivity index (χ3n) is 8.69. The Kier molecular flexibility index (Phi) is 7.85. The van der Waals surface area contributed by atoms with Gasteiger partial charge in [0.25, 0.3) is 5.91 Å². The van der Waals surface area contributed by atoms with Gasteiger partial charge in [-0.2, -0.15) is 18.4 Å². The van der Waals surface area contributed by atoms with Crippen LogP contribution < -0.4 is 15.4 Å². The van der Waals surface area contributed by atoms with E-state index in [4.69, 9.17) is 4.74 Å². The van der Waals surface area contributed by atoms with Gasteiger partial charge in [-0.1, -0.05) is 43.9 Å². The number of likely N-dealkylation sites (N-methyl/N-ethyl adjacent to an activating group) is 1. The fourth-order valence-corrected chi connectivity index (χ4v) is 5.88. The standard InChI is InChI=1S/C29H34F3N5O5/c1-16-20-5-3-4-6-23(20)42-28(26(40)34-16)13-19(14-33)37(15-28)25(39)22(12-18-9-10-18)36(2)24(38)21(11-17-7-8-17)35-27(41)29(30,31)32/h3-6,16-19,21-22H,7-13,15H2,1-2H3,(H,34,40)(H,35,41)/t16?,19-,21?,22-,28+/m0/s1. The molecule has 1 spiro atoms. The largest absolute Gasteiger partial charge is 0.475 e. The van der Waals surface area contributed by atoms with Gasteiger partial charge in [0.15, 0.2) is 0 Å². The van der Waals surface area contributed by atoms with Gasteiger partial charge in [0.1, 0.15) is 23.9 Å². The summed E-state index contributed by atoms with van der Waals surface area (Å²) in [5.74, 6) is -3.47. The van der Waals surface area contributed by atoms with Crippen molar-refractivity contribution in [3.63, 3.8) is 0 Å². The molecule has 2 N–H and O–H groups in total. The molecule has 2 unspecified atom stereocenters. The van der Waals surface area contributed by atoms with Gasteiger partial charge in [-0.05, 0) is 37.7 Å². The molecule has 10 nitrogen and oxygen atoms in total. The number of fused-ring (bicyclic) bond motifs is 1. The second-order valence-electron chi connectivity index (χ2n) is 12.0. The fourth-order valence-electron chi connectivity index (χ4n) is 5.88. The van der Waals surface area contributed by atoms with E-state index in [1.54, 1.807) is 19.1 Å². The Morgan fingerprint density at radius 2 is 1.83 bits per heavy atom. The first-order valence-corrected chi connectivity index (χ1v) is 14.3. The Labute approximate surface area is 241 Å². The van der Waals surface area contributed by atoms with E-state index in [2.05, 4.69) is 11.4 Å². The van der Waals surface area contributed by atoms with Gasteiger partial charge in [-0.3, -0.25) is 19.2 Å². The van der Waals surface area contributed by atoms with Crippen molar-refractivity contribution in [2.75, 3.05) is 13.6 Å². The first-order valence-electron chi connectivity index (χ1n) is 14.3. The zero-order valence-electron chi connectivity index (χ0n) is 23.4. The van der Waals surface area contributed by atoms with Gasteiger partial charge in [-0.15, -0.1) is 0 Å². The molecule has 2 heterocycles. The molecule has 1 aromatic carbocycles. The molecule has 2 aliphatic carbocycles. The van der Waals surface area contributed by atoms with Crippen molar-refractivity contribution in [1.82, 2.24) is 20.4 Å². The maximum Gasteiger partial charge on any atom is 0.471 e.